The second kappa shape index (κ2) is 8.68. The van der Waals surface area contributed by atoms with E-state index in [9.17, 15) is 13.2 Å². The summed E-state index contributed by atoms with van der Waals surface area (Å²) in [6.45, 7) is 0.702. The number of nitrogens with zero attached hydrogens (tertiary/aromatic N) is 2. The molecule has 8 heteroatoms. The van der Waals surface area contributed by atoms with Crippen LogP contribution >= 0.6 is 23.2 Å². The van der Waals surface area contributed by atoms with Crippen LogP contribution in [-0.2, 0) is 20.6 Å². The van der Waals surface area contributed by atoms with E-state index in [1.54, 1.807) is 18.2 Å². The molecule has 0 unspecified atom stereocenters. The number of sulfonamides is 1. The van der Waals surface area contributed by atoms with Crippen LogP contribution in [0.3, 0.4) is 0 Å². The fourth-order valence-corrected chi connectivity index (χ4v) is 6.28. The van der Waals surface area contributed by atoms with Crippen LogP contribution in [0.2, 0.25) is 10.0 Å². The molecule has 2 fully saturated rings. The summed E-state index contributed by atoms with van der Waals surface area (Å²) in [7, 11) is -1.69. The second-order valence-electron chi connectivity index (χ2n) is 7.58. The number of benzene rings is 1. The van der Waals surface area contributed by atoms with E-state index in [0.29, 0.717) is 34.6 Å². The molecule has 1 saturated carbocycles. The maximum Gasteiger partial charge on any atom is 0.227 e. The van der Waals surface area contributed by atoms with Crippen molar-refractivity contribution in [3.63, 3.8) is 0 Å². The van der Waals surface area contributed by atoms with Gasteiger partial charge in [-0.1, -0.05) is 42.1 Å². The zero-order valence-corrected chi connectivity index (χ0v) is 17.9. The lowest BCUT2D eigenvalue weighted by molar-refractivity contribution is -0.137. The number of halogens is 2. The third-order valence-electron chi connectivity index (χ3n) is 5.70. The summed E-state index contributed by atoms with van der Waals surface area (Å²) in [5.74, 6) is -0.367. The molecule has 0 N–H and O–H groups in total. The summed E-state index contributed by atoms with van der Waals surface area (Å²) in [4.78, 5) is 14.7. The van der Waals surface area contributed by atoms with Crippen LogP contribution in [0.1, 0.15) is 44.1 Å². The van der Waals surface area contributed by atoms with Gasteiger partial charge in [-0.05, 0) is 43.4 Å². The third kappa shape index (κ3) is 4.97. The SMILES string of the molecule is CN(C(=O)[C@H]1CCCN(S(=O)(=O)Cc2ccc(Cl)cc2Cl)C1)C1CCCC1. The maximum atomic E-state index is 12.9. The highest BCUT2D eigenvalue weighted by Gasteiger charge is 2.35. The van der Waals surface area contributed by atoms with E-state index in [1.165, 1.54) is 4.31 Å². The highest BCUT2D eigenvalue weighted by atomic mass is 35.5. The number of amides is 1. The average molecular weight is 433 g/mol. The summed E-state index contributed by atoms with van der Waals surface area (Å²) in [6, 6.07) is 5.13. The molecular formula is C19H26Cl2N2O3S. The van der Waals surface area contributed by atoms with E-state index in [0.717, 1.165) is 32.1 Å². The minimum Gasteiger partial charge on any atom is -0.342 e. The van der Waals surface area contributed by atoms with Crippen molar-refractivity contribution < 1.29 is 13.2 Å². The van der Waals surface area contributed by atoms with Gasteiger partial charge in [0.2, 0.25) is 15.9 Å². The topological polar surface area (TPSA) is 57.7 Å². The van der Waals surface area contributed by atoms with Gasteiger partial charge in [0.25, 0.3) is 0 Å². The van der Waals surface area contributed by atoms with E-state index in [4.69, 9.17) is 23.2 Å². The Balaban J connectivity index is 1.68. The van der Waals surface area contributed by atoms with Gasteiger partial charge in [0.05, 0.1) is 11.7 Å². The standard InChI is InChI=1S/C19H26Cl2N2O3S/c1-22(17-6-2-3-7-17)19(24)14-5-4-10-23(12-14)27(25,26)13-15-8-9-16(20)11-18(15)21/h8-9,11,14,17H,2-7,10,12-13H2,1H3/t14-/m0/s1. The summed E-state index contributed by atoms with van der Waals surface area (Å²) in [5, 5.41) is 0.816. The first-order valence-corrected chi connectivity index (χ1v) is 11.8. The monoisotopic (exact) mass is 432 g/mol. The molecule has 0 radical (unpaired) electrons. The smallest absolute Gasteiger partial charge is 0.227 e. The van der Waals surface area contributed by atoms with Gasteiger partial charge in [-0.2, -0.15) is 0 Å². The second-order valence-corrected chi connectivity index (χ2v) is 10.4. The normalized spacial score (nSPS) is 22.1. The number of hydrogen-bond donors (Lipinski definition) is 0. The first-order valence-electron chi connectivity index (χ1n) is 9.46. The minimum atomic E-state index is -3.55. The lowest BCUT2D eigenvalue weighted by atomic mass is 9.97. The van der Waals surface area contributed by atoms with Gasteiger partial charge < -0.3 is 4.90 Å². The average Bonchev–Trinajstić information content (AvgIpc) is 3.17. The minimum absolute atomic E-state index is 0.0753. The summed E-state index contributed by atoms with van der Waals surface area (Å²) < 4.78 is 27.2. The highest BCUT2D eigenvalue weighted by Crippen LogP contribution is 2.29. The Kier molecular flexibility index (Phi) is 6.72. The van der Waals surface area contributed by atoms with Crippen LogP contribution in [-0.4, -0.2) is 49.7 Å². The Morgan fingerprint density at radius 1 is 1.19 bits per heavy atom. The quantitative estimate of drug-likeness (QED) is 0.707. The molecule has 1 heterocycles. The van der Waals surface area contributed by atoms with Crippen molar-refractivity contribution in [3.8, 4) is 0 Å². The number of hydrogen-bond acceptors (Lipinski definition) is 3. The largest absolute Gasteiger partial charge is 0.342 e. The van der Waals surface area contributed by atoms with E-state index >= 15 is 0 Å². The predicted molar refractivity (Wildman–Crippen MR) is 108 cm³/mol. The molecule has 3 rings (SSSR count). The Labute approximate surface area is 171 Å². The fraction of sp³-hybridized carbons (Fsp3) is 0.632. The summed E-state index contributed by atoms with van der Waals surface area (Å²) in [6.07, 6.45) is 5.86. The first kappa shape index (κ1) is 20.9. The molecule has 1 atom stereocenters. The Morgan fingerprint density at radius 3 is 2.56 bits per heavy atom. The van der Waals surface area contributed by atoms with Crippen LogP contribution in [0.25, 0.3) is 0 Å². The summed E-state index contributed by atoms with van der Waals surface area (Å²) in [5.41, 5.74) is 0.526. The molecule has 1 aliphatic heterocycles. The molecule has 0 bridgehead atoms. The molecule has 0 spiro atoms. The van der Waals surface area contributed by atoms with Crippen LogP contribution in [0, 0.1) is 5.92 Å². The Morgan fingerprint density at radius 2 is 1.89 bits per heavy atom. The molecule has 1 amide bonds. The van der Waals surface area contributed by atoms with Gasteiger partial charge in [0.15, 0.2) is 0 Å². The van der Waals surface area contributed by atoms with E-state index < -0.39 is 10.0 Å². The predicted octanol–water partition coefficient (Wildman–Crippen LogP) is 3.94. The van der Waals surface area contributed by atoms with Gasteiger partial charge in [-0.25, -0.2) is 12.7 Å². The summed E-state index contributed by atoms with van der Waals surface area (Å²) >= 11 is 12.0. The molecule has 5 nitrogen and oxygen atoms in total. The zero-order valence-electron chi connectivity index (χ0n) is 15.5. The lowest BCUT2D eigenvalue weighted by Crippen LogP contribution is -2.48. The van der Waals surface area contributed by atoms with E-state index in [-0.39, 0.29) is 24.1 Å². The molecule has 1 aromatic carbocycles. The van der Waals surface area contributed by atoms with E-state index in [2.05, 4.69) is 0 Å². The molecule has 27 heavy (non-hydrogen) atoms. The van der Waals surface area contributed by atoms with Crippen molar-refractivity contribution in [2.45, 2.75) is 50.3 Å². The van der Waals surface area contributed by atoms with Crippen LogP contribution in [0.15, 0.2) is 18.2 Å². The number of piperidine rings is 1. The Hall–Kier alpha value is -0.820. The molecule has 2 aliphatic rings. The van der Waals surface area contributed by atoms with Crippen molar-refractivity contribution >= 4 is 39.1 Å². The first-order chi connectivity index (χ1) is 12.8. The highest BCUT2D eigenvalue weighted by molar-refractivity contribution is 7.88. The van der Waals surface area contributed by atoms with Crippen molar-refractivity contribution in [2.75, 3.05) is 20.1 Å². The third-order valence-corrected chi connectivity index (χ3v) is 8.08. The van der Waals surface area contributed by atoms with Gasteiger partial charge in [0.1, 0.15) is 0 Å². The van der Waals surface area contributed by atoms with Crippen molar-refractivity contribution in [2.24, 2.45) is 5.92 Å². The molecule has 1 aromatic rings. The van der Waals surface area contributed by atoms with Crippen LogP contribution in [0.4, 0.5) is 0 Å². The van der Waals surface area contributed by atoms with Crippen molar-refractivity contribution in [1.29, 1.82) is 0 Å². The van der Waals surface area contributed by atoms with Gasteiger partial charge in [-0.15, -0.1) is 0 Å². The molecule has 1 aliphatic carbocycles. The molecular weight excluding hydrogens is 407 g/mol. The lowest BCUT2D eigenvalue weighted by Gasteiger charge is -2.35. The number of carbonyl (C=O) groups is 1. The molecule has 150 valence electrons. The molecule has 0 aromatic heterocycles. The van der Waals surface area contributed by atoms with Gasteiger partial charge >= 0.3 is 0 Å². The van der Waals surface area contributed by atoms with E-state index in [1.807, 2.05) is 11.9 Å². The zero-order chi connectivity index (χ0) is 19.6. The fourth-order valence-electron chi connectivity index (χ4n) is 4.08. The van der Waals surface area contributed by atoms with Gasteiger partial charge in [0, 0.05) is 36.2 Å². The van der Waals surface area contributed by atoms with Crippen molar-refractivity contribution in [3.05, 3.63) is 33.8 Å². The number of rotatable bonds is 5. The molecule has 1 saturated heterocycles. The van der Waals surface area contributed by atoms with Crippen molar-refractivity contribution in [1.82, 2.24) is 9.21 Å². The maximum absolute atomic E-state index is 12.9. The van der Waals surface area contributed by atoms with Crippen LogP contribution < -0.4 is 0 Å². The Bertz CT molecular complexity index is 794. The number of carbonyl (C=O) groups excluding carboxylic acids is 1. The van der Waals surface area contributed by atoms with Crippen LogP contribution in [0.5, 0.6) is 0 Å². The van der Waals surface area contributed by atoms with Gasteiger partial charge in [-0.3, -0.25) is 4.79 Å².